The summed E-state index contributed by atoms with van der Waals surface area (Å²) in [5.41, 5.74) is 3.52. The van der Waals surface area contributed by atoms with Crippen LogP contribution in [-0.4, -0.2) is 29.2 Å². The second-order valence-electron chi connectivity index (χ2n) is 9.06. The first-order valence-electron chi connectivity index (χ1n) is 10.1. The van der Waals surface area contributed by atoms with Gasteiger partial charge in [-0.25, -0.2) is 15.0 Å². The van der Waals surface area contributed by atoms with Crippen molar-refractivity contribution in [1.29, 1.82) is 0 Å². The van der Waals surface area contributed by atoms with Crippen LogP contribution in [-0.2, 0) is 17.6 Å². The maximum absolute atomic E-state index is 12.7. The molecule has 0 unspecified atom stereocenters. The zero-order chi connectivity index (χ0) is 22.1. The number of fused-ring (bicyclic) bond motifs is 1. The number of nitrogens with zero attached hydrogens (tertiary/aromatic N) is 3. The molecule has 30 heavy (non-hydrogen) atoms. The fourth-order valence-corrected chi connectivity index (χ4v) is 3.70. The van der Waals surface area contributed by atoms with Crippen molar-refractivity contribution in [3.8, 4) is 0 Å². The van der Waals surface area contributed by atoms with Gasteiger partial charge in [-0.2, -0.15) is 0 Å². The summed E-state index contributed by atoms with van der Waals surface area (Å²) in [5, 5.41) is 3.03. The number of carbonyl (C=O) groups is 1. The number of nitrogens with one attached hydrogen (secondary N) is 1. The van der Waals surface area contributed by atoms with E-state index >= 15 is 0 Å². The van der Waals surface area contributed by atoms with Crippen molar-refractivity contribution in [3.05, 3.63) is 52.9 Å². The molecule has 2 heterocycles. The summed E-state index contributed by atoms with van der Waals surface area (Å²) in [5.74, 6) is 0.927. The number of amides is 1. The average molecular weight is 427 g/mol. The summed E-state index contributed by atoms with van der Waals surface area (Å²) in [7, 11) is -1.90. The Morgan fingerprint density at radius 2 is 1.87 bits per heavy atom. The van der Waals surface area contributed by atoms with Crippen molar-refractivity contribution in [2.24, 2.45) is 0 Å². The summed E-state index contributed by atoms with van der Waals surface area (Å²) in [6.45, 7) is 15.3. The second-order valence-corrected chi connectivity index (χ2v) is 13.9. The molecular formula is C22H30N4O3Si. The SMILES string of the molecule is Cc1nc(CO[Si](C)(C)C(C)(C)C)cc(C(=O)NCc2ccc3oc(C)nc3c2)n1. The molecule has 0 bridgehead atoms. The molecule has 0 aliphatic heterocycles. The standard InChI is InChI=1S/C22H30N4O3Si/c1-14-24-17(13-28-30(6,7)22(3,4)5)11-19(25-14)21(27)23-12-16-8-9-20-18(10-16)26-15(2)29-20/h8-11H,12-13H2,1-7H3,(H,23,27). The highest BCUT2D eigenvalue weighted by Gasteiger charge is 2.37. The number of aromatic nitrogens is 3. The molecule has 8 heteroatoms. The third-order valence-corrected chi connectivity index (χ3v) is 10.0. The van der Waals surface area contributed by atoms with Gasteiger partial charge >= 0.3 is 0 Å². The highest BCUT2D eigenvalue weighted by Crippen LogP contribution is 2.37. The Hall–Kier alpha value is -2.58. The van der Waals surface area contributed by atoms with Gasteiger partial charge < -0.3 is 14.2 Å². The van der Waals surface area contributed by atoms with Crippen molar-refractivity contribution in [1.82, 2.24) is 20.3 Å². The van der Waals surface area contributed by atoms with E-state index in [4.69, 9.17) is 8.84 Å². The van der Waals surface area contributed by atoms with Crippen LogP contribution in [0.2, 0.25) is 18.1 Å². The molecule has 0 spiro atoms. The minimum absolute atomic E-state index is 0.110. The van der Waals surface area contributed by atoms with Crippen LogP contribution in [0.4, 0.5) is 0 Å². The van der Waals surface area contributed by atoms with Crippen LogP contribution >= 0.6 is 0 Å². The van der Waals surface area contributed by atoms with Crippen LogP contribution in [0.25, 0.3) is 11.1 Å². The Morgan fingerprint density at radius 3 is 2.57 bits per heavy atom. The molecule has 0 radical (unpaired) electrons. The smallest absolute Gasteiger partial charge is 0.270 e. The molecule has 2 aromatic heterocycles. The van der Waals surface area contributed by atoms with Crippen LogP contribution < -0.4 is 5.32 Å². The summed E-state index contributed by atoms with van der Waals surface area (Å²) in [6.07, 6.45) is 0. The summed E-state index contributed by atoms with van der Waals surface area (Å²) in [4.78, 5) is 25.8. The second kappa shape index (κ2) is 8.27. The van der Waals surface area contributed by atoms with Gasteiger partial charge in [-0.3, -0.25) is 4.79 Å². The monoisotopic (exact) mass is 426 g/mol. The quantitative estimate of drug-likeness (QED) is 0.575. The van der Waals surface area contributed by atoms with Crippen molar-refractivity contribution >= 4 is 25.3 Å². The molecule has 1 amide bonds. The summed E-state index contributed by atoms with van der Waals surface area (Å²) < 4.78 is 11.7. The van der Waals surface area contributed by atoms with Gasteiger partial charge in [0.05, 0.1) is 12.3 Å². The molecule has 0 aliphatic rings. The fraction of sp³-hybridized carbons (Fsp3) is 0.455. The van der Waals surface area contributed by atoms with Gasteiger partial charge in [0.25, 0.3) is 5.91 Å². The molecule has 7 nitrogen and oxygen atoms in total. The lowest BCUT2D eigenvalue weighted by Crippen LogP contribution is -2.40. The maximum atomic E-state index is 12.7. The van der Waals surface area contributed by atoms with Crippen molar-refractivity contribution in [2.75, 3.05) is 0 Å². The van der Waals surface area contributed by atoms with Crippen LogP contribution in [0, 0.1) is 13.8 Å². The van der Waals surface area contributed by atoms with Crippen LogP contribution in [0.15, 0.2) is 28.7 Å². The number of oxazole rings is 1. The van der Waals surface area contributed by atoms with Gasteiger partial charge in [0, 0.05) is 13.5 Å². The van der Waals surface area contributed by atoms with Crippen molar-refractivity contribution in [2.45, 2.75) is 65.9 Å². The van der Waals surface area contributed by atoms with E-state index < -0.39 is 8.32 Å². The Labute approximate surface area is 178 Å². The zero-order valence-electron chi connectivity index (χ0n) is 18.8. The Balaban J connectivity index is 1.67. The molecule has 0 atom stereocenters. The minimum Gasteiger partial charge on any atom is -0.441 e. The third kappa shape index (κ3) is 5.12. The molecule has 160 valence electrons. The fourth-order valence-electron chi connectivity index (χ4n) is 2.76. The predicted molar refractivity (Wildman–Crippen MR) is 119 cm³/mol. The van der Waals surface area contributed by atoms with Gasteiger partial charge in [-0.15, -0.1) is 0 Å². The van der Waals surface area contributed by atoms with E-state index in [0.717, 1.165) is 22.4 Å². The molecule has 0 fully saturated rings. The van der Waals surface area contributed by atoms with Crippen LogP contribution in [0.3, 0.4) is 0 Å². The summed E-state index contributed by atoms with van der Waals surface area (Å²) in [6, 6.07) is 7.40. The Bertz CT molecular complexity index is 1070. The normalized spacial score (nSPS) is 12.4. The molecular weight excluding hydrogens is 396 g/mol. The van der Waals surface area contributed by atoms with Gasteiger partial charge in [-0.1, -0.05) is 26.8 Å². The Kier molecular flexibility index (Phi) is 6.10. The van der Waals surface area contributed by atoms with E-state index in [1.807, 2.05) is 25.1 Å². The maximum Gasteiger partial charge on any atom is 0.270 e. The lowest BCUT2D eigenvalue weighted by molar-refractivity contribution is 0.0945. The summed E-state index contributed by atoms with van der Waals surface area (Å²) >= 11 is 0. The van der Waals surface area contributed by atoms with E-state index in [-0.39, 0.29) is 10.9 Å². The average Bonchev–Trinajstić information content (AvgIpc) is 3.02. The number of aryl methyl sites for hydroxylation is 2. The van der Waals surface area contributed by atoms with Crippen molar-refractivity contribution < 1.29 is 13.6 Å². The lowest BCUT2D eigenvalue weighted by atomic mass is 10.2. The number of rotatable bonds is 6. The first-order valence-corrected chi connectivity index (χ1v) is 13.0. The molecule has 0 saturated heterocycles. The van der Waals surface area contributed by atoms with Gasteiger partial charge in [0.15, 0.2) is 19.8 Å². The van der Waals surface area contributed by atoms with Crippen LogP contribution in [0.1, 0.15) is 54.2 Å². The van der Waals surface area contributed by atoms with Gasteiger partial charge in [0.2, 0.25) is 0 Å². The van der Waals surface area contributed by atoms with E-state index in [1.54, 1.807) is 13.0 Å². The van der Waals surface area contributed by atoms with Gasteiger partial charge in [0.1, 0.15) is 17.0 Å². The molecule has 1 N–H and O–H groups in total. The number of hydrogen-bond donors (Lipinski definition) is 1. The van der Waals surface area contributed by atoms with E-state index in [2.05, 4.69) is 54.1 Å². The van der Waals surface area contributed by atoms with E-state index in [0.29, 0.717) is 30.6 Å². The molecule has 0 saturated carbocycles. The van der Waals surface area contributed by atoms with Crippen molar-refractivity contribution in [3.63, 3.8) is 0 Å². The zero-order valence-corrected chi connectivity index (χ0v) is 19.8. The lowest BCUT2D eigenvalue weighted by Gasteiger charge is -2.36. The van der Waals surface area contributed by atoms with Crippen LogP contribution in [0.5, 0.6) is 0 Å². The number of benzene rings is 1. The largest absolute Gasteiger partial charge is 0.441 e. The number of hydrogen-bond acceptors (Lipinski definition) is 6. The Morgan fingerprint density at radius 1 is 1.13 bits per heavy atom. The predicted octanol–water partition coefficient (Wildman–Crippen LogP) is 4.69. The first kappa shape index (κ1) is 22.1. The highest BCUT2D eigenvalue weighted by molar-refractivity contribution is 6.74. The topological polar surface area (TPSA) is 90.1 Å². The van der Waals surface area contributed by atoms with E-state index in [9.17, 15) is 4.79 Å². The molecule has 3 aromatic rings. The first-order chi connectivity index (χ1) is 13.9. The minimum atomic E-state index is -1.90. The molecule has 1 aromatic carbocycles. The molecule has 0 aliphatic carbocycles. The number of carbonyl (C=O) groups excluding carboxylic acids is 1. The van der Waals surface area contributed by atoms with Gasteiger partial charge in [-0.05, 0) is 48.8 Å². The third-order valence-electron chi connectivity index (χ3n) is 5.52. The highest BCUT2D eigenvalue weighted by atomic mass is 28.4. The van der Waals surface area contributed by atoms with E-state index in [1.165, 1.54) is 0 Å². The molecule has 3 rings (SSSR count).